The average Bonchev–Trinajstić information content (AvgIpc) is 2.83. The molecule has 0 aromatic rings. The second-order valence-corrected chi connectivity index (χ2v) is 5.89. The summed E-state index contributed by atoms with van der Waals surface area (Å²) in [5.41, 5.74) is 5.51. The Hall–Kier alpha value is -0.710. The first kappa shape index (κ1) is 14.7. The predicted molar refractivity (Wildman–Crippen MR) is 69.9 cm³/mol. The maximum absolute atomic E-state index is 13.1. The van der Waals surface area contributed by atoms with Gasteiger partial charge in [0.2, 0.25) is 11.8 Å². The molecule has 2 fully saturated rings. The van der Waals surface area contributed by atoms with Crippen LogP contribution in [0.25, 0.3) is 0 Å². The Morgan fingerprint density at radius 3 is 2.58 bits per heavy atom. The highest BCUT2D eigenvalue weighted by molar-refractivity contribution is 5.79. The lowest BCUT2D eigenvalue weighted by Gasteiger charge is -2.33. The third-order valence-corrected chi connectivity index (χ3v) is 4.47. The van der Waals surface area contributed by atoms with E-state index in [1.54, 1.807) is 0 Å². The van der Waals surface area contributed by atoms with E-state index in [4.69, 9.17) is 5.73 Å². The van der Waals surface area contributed by atoms with Crippen molar-refractivity contribution < 1.29 is 13.6 Å². The summed E-state index contributed by atoms with van der Waals surface area (Å²) in [6.07, 6.45) is 4.36. The van der Waals surface area contributed by atoms with Crippen molar-refractivity contribution in [3.63, 3.8) is 0 Å². The Morgan fingerprint density at radius 1 is 1.26 bits per heavy atom. The molecule has 1 unspecified atom stereocenters. The van der Waals surface area contributed by atoms with Crippen molar-refractivity contribution in [2.24, 2.45) is 11.7 Å². The molecule has 1 amide bonds. The number of halogens is 2. The van der Waals surface area contributed by atoms with Crippen LogP contribution in [0.5, 0.6) is 0 Å². The molecule has 0 spiro atoms. The zero-order chi connectivity index (χ0) is 13.9. The third-order valence-electron chi connectivity index (χ3n) is 4.47. The molecule has 1 aliphatic heterocycles. The van der Waals surface area contributed by atoms with Gasteiger partial charge in [-0.05, 0) is 45.1 Å². The Labute approximate surface area is 113 Å². The quantitative estimate of drug-likeness (QED) is 0.856. The van der Waals surface area contributed by atoms with Crippen LogP contribution in [0.1, 0.15) is 51.4 Å². The van der Waals surface area contributed by atoms with Crippen LogP contribution in [-0.2, 0) is 4.79 Å². The number of alkyl halides is 2. The van der Waals surface area contributed by atoms with E-state index in [9.17, 15) is 13.6 Å². The van der Waals surface area contributed by atoms with Gasteiger partial charge in [0.1, 0.15) is 0 Å². The molecule has 2 aliphatic rings. The van der Waals surface area contributed by atoms with Gasteiger partial charge < -0.3 is 10.6 Å². The van der Waals surface area contributed by atoms with Gasteiger partial charge in [0.05, 0.1) is 0 Å². The molecule has 0 radical (unpaired) electrons. The maximum atomic E-state index is 13.1. The number of likely N-dealkylation sites (tertiary alicyclic amines) is 1. The number of nitrogens with zero attached hydrogens (tertiary/aromatic N) is 1. The van der Waals surface area contributed by atoms with Gasteiger partial charge in [-0.3, -0.25) is 4.79 Å². The largest absolute Gasteiger partial charge is 0.339 e. The molecule has 2 N–H and O–H groups in total. The standard InChI is InChI=1S/C14H24F2N2O/c15-14(16)7-5-11(6-8-14)13(19)18-10-2-4-12(18)3-1-9-17/h11-12H,1-10,17H2. The Morgan fingerprint density at radius 2 is 1.95 bits per heavy atom. The second kappa shape index (κ2) is 6.16. The molecule has 0 aromatic heterocycles. The third kappa shape index (κ3) is 3.65. The van der Waals surface area contributed by atoms with Gasteiger partial charge in [-0.2, -0.15) is 0 Å². The fourth-order valence-electron chi connectivity index (χ4n) is 3.30. The van der Waals surface area contributed by atoms with Crippen molar-refractivity contribution in [2.75, 3.05) is 13.1 Å². The number of carbonyl (C=O) groups is 1. The minimum absolute atomic E-state index is 0.107. The van der Waals surface area contributed by atoms with Gasteiger partial charge in [0.25, 0.3) is 0 Å². The van der Waals surface area contributed by atoms with Gasteiger partial charge in [-0.1, -0.05) is 0 Å². The summed E-state index contributed by atoms with van der Waals surface area (Å²) in [5, 5.41) is 0. The van der Waals surface area contributed by atoms with Gasteiger partial charge >= 0.3 is 0 Å². The van der Waals surface area contributed by atoms with Crippen LogP contribution >= 0.6 is 0 Å². The molecule has 3 nitrogen and oxygen atoms in total. The highest BCUT2D eigenvalue weighted by Crippen LogP contribution is 2.37. The molecule has 1 saturated heterocycles. The molecule has 1 heterocycles. The molecule has 19 heavy (non-hydrogen) atoms. The van der Waals surface area contributed by atoms with E-state index in [0.717, 1.165) is 32.2 Å². The zero-order valence-electron chi connectivity index (χ0n) is 11.4. The van der Waals surface area contributed by atoms with E-state index in [1.165, 1.54) is 0 Å². The van der Waals surface area contributed by atoms with Crippen LogP contribution < -0.4 is 5.73 Å². The zero-order valence-corrected chi connectivity index (χ0v) is 11.4. The SMILES string of the molecule is NCCCC1CCCN1C(=O)C1CCC(F)(F)CC1. The fraction of sp³-hybridized carbons (Fsp3) is 0.929. The first-order valence-corrected chi connectivity index (χ1v) is 7.42. The van der Waals surface area contributed by atoms with Gasteiger partial charge in [0.15, 0.2) is 0 Å². The smallest absolute Gasteiger partial charge is 0.248 e. The molecule has 1 atom stereocenters. The van der Waals surface area contributed by atoms with E-state index >= 15 is 0 Å². The average molecular weight is 274 g/mol. The van der Waals surface area contributed by atoms with E-state index < -0.39 is 5.92 Å². The first-order valence-electron chi connectivity index (χ1n) is 7.42. The highest BCUT2D eigenvalue weighted by atomic mass is 19.3. The van der Waals surface area contributed by atoms with Crippen molar-refractivity contribution in [3.8, 4) is 0 Å². The summed E-state index contributed by atoms with van der Waals surface area (Å²) in [5.74, 6) is -2.63. The first-order chi connectivity index (χ1) is 9.03. The molecule has 1 aliphatic carbocycles. The molecular formula is C14H24F2N2O. The second-order valence-electron chi connectivity index (χ2n) is 5.89. The number of hydrogen-bond acceptors (Lipinski definition) is 2. The van der Waals surface area contributed by atoms with Crippen LogP contribution in [0.3, 0.4) is 0 Å². The van der Waals surface area contributed by atoms with Crippen molar-refractivity contribution in [1.82, 2.24) is 4.90 Å². The molecule has 5 heteroatoms. The molecule has 1 saturated carbocycles. The minimum atomic E-state index is -2.55. The lowest BCUT2D eigenvalue weighted by atomic mass is 9.85. The van der Waals surface area contributed by atoms with Crippen molar-refractivity contribution in [3.05, 3.63) is 0 Å². The van der Waals surface area contributed by atoms with E-state index in [1.807, 2.05) is 4.90 Å². The fourth-order valence-corrected chi connectivity index (χ4v) is 3.30. The summed E-state index contributed by atoms with van der Waals surface area (Å²) in [6, 6.07) is 0.290. The molecule has 0 bridgehead atoms. The number of rotatable bonds is 4. The van der Waals surface area contributed by atoms with Crippen molar-refractivity contribution >= 4 is 5.91 Å². The highest BCUT2D eigenvalue weighted by Gasteiger charge is 2.40. The lowest BCUT2D eigenvalue weighted by molar-refractivity contribution is -0.140. The van der Waals surface area contributed by atoms with Gasteiger partial charge in [-0.15, -0.1) is 0 Å². The Bertz CT molecular complexity index is 313. The topological polar surface area (TPSA) is 46.3 Å². The number of carbonyl (C=O) groups excluding carboxylic acids is 1. The monoisotopic (exact) mass is 274 g/mol. The van der Waals surface area contributed by atoms with Crippen molar-refractivity contribution in [1.29, 1.82) is 0 Å². The Balaban J connectivity index is 1.88. The van der Waals surface area contributed by atoms with Crippen molar-refractivity contribution in [2.45, 2.75) is 63.3 Å². The molecule has 110 valence electrons. The van der Waals surface area contributed by atoms with Gasteiger partial charge in [-0.25, -0.2) is 8.78 Å². The van der Waals surface area contributed by atoms with Crippen LogP contribution in [0, 0.1) is 5.92 Å². The van der Waals surface area contributed by atoms with E-state index in [-0.39, 0.29) is 24.7 Å². The van der Waals surface area contributed by atoms with Crippen LogP contribution in [0.2, 0.25) is 0 Å². The molecule has 0 aromatic carbocycles. The lowest BCUT2D eigenvalue weighted by Crippen LogP contribution is -2.42. The van der Waals surface area contributed by atoms with Crippen LogP contribution in [0.4, 0.5) is 8.78 Å². The number of amides is 1. The molecule has 2 rings (SSSR count). The summed E-state index contributed by atoms with van der Waals surface area (Å²) < 4.78 is 26.2. The summed E-state index contributed by atoms with van der Waals surface area (Å²) in [4.78, 5) is 14.4. The molecular weight excluding hydrogens is 250 g/mol. The van der Waals surface area contributed by atoms with Crippen LogP contribution in [-0.4, -0.2) is 35.9 Å². The number of hydrogen-bond donors (Lipinski definition) is 1. The summed E-state index contributed by atoms with van der Waals surface area (Å²) >= 11 is 0. The summed E-state index contributed by atoms with van der Waals surface area (Å²) in [6.45, 7) is 1.44. The maximum Gasteiger partial charge on any atom is 0.248 e. The minimum Gasteiger partial charge on any atom is -0.339 e. The van der Waals surface area contributed by atoms with E-state index in [0.29, 0.717) is 25.4 Å². The van der Waals surface area contributed by atoms with Gasteiger partial charge in [0, 0.05) is 31.3 Å². The number of nitrogens with two attached hydrogens (primary N) is 1. The predicted octanol–water partition coefficient (Wildman–Crippen LogP) is 2.54. The Kier molecular flexibility index (Phi) is 4.76. The normalized spacial score (nSPS) is 27.7. The van der Waals surface area contributed by atoms with Crippen LogP contribution in [0.15, 0.2) is 0 Å². The van der Waals surface area contributed by atoms with E-state index in [2.05, 4.69) is 0 Å². The summed E-state index contributed by atoms with van der Waals surface area (Å²) in [7, 11) is 0.